The van der Waals surface area contributed by atoms with Crippen molar-refractivity contribution in [3.8, 4) is 0 Å². The number of Topliss-reactive ketones (excluding diaryl/α,β-unsaturated/α-hetero) is 1. The maximum atomic E-state index is 12.6. The molecule has 1 aromatic carbocycles. The summed E-state index contributed by atoms with van der Waals surface area (Å²) in [7, 11) is 0. The van der Waals surface area contributed by atoms with Gasteiger partial charge in [0.1, 0.15) is 5.78 Å². The Balaban J connectivity index is 2.06. The number of benzene rings is 1. The molecule has 0 aliphatic carbocycles. The molecular formula is C17H25NO2. The van der Waals surface area contributed by atoms with E-state index in [4.69, 9.17) is 10.5 Å². The molecule has 110 valence electrons. The maximum Gasteiger partial charge on any atom is 0.144 e. The fourth-order valence-electron chi connectivity index (χ4n) is 2.75. The van der Waals surface area contributed by atoms with E-state index in [1.54, 1.807) is 0 Å². The molecular weight excluding hydrogens is 250 g/mol. The third-order valence-electron chi connectivity index (χ3n) is 4.44. The molecule has 0 atom stereocenters. The molecule has 0 saturated carbocycles. The van der Waals surface area contributed by atoms with Gasteiger partial charge in [0, 0.05) is 31.6 Å². The van der Waals surface area contributed by atoms with E-state index >= 15 is 0 Å². The number of nitrogens with two attached hydrogens (primary N) is 1. The van der Waals surface area contributed by atoms with Gasteiger partial charge in [0.2, 0.25) is 0 Å². The highest BCUT2D eigenvalue weighted by molar-refractivity contribution is 5.87. The first-order valence-corrected chi connectivity index (χ1v) is 7.47. The summed E-state index contributed by atoms with van der Waals surface area (Å²) >= 11 is 0. The first-order chi connectivity index (χ1) is 9.57. The van der Waals surface area contributed by atoms with Gasteiger partial charge in [-0.05, 0) is 29.9 Å². The Morgan fingerprint density at radius 1 is 1.25 bits per heavy atom. The molecule has 20 heavy (non-hydrogen) atoms. The zero-order valence-electron chi connectivity index (χ0n) is 12.5. The highest BCUT2D eigenvalue weighted by Crippen LogP contribution is 2.31. The summed E-state index contributed by atoms with van der Waals surface area (Å²) in [5.74, 6) is 0.784. The Hall–Kier alpha value is -1.19. The van der Waals surface area contributed by atoms with Gasteiger partial charge in [0.15, 0.2) is 0 Å². The normalized spacial score (nSPS) is 18.2. The van der Waals surface area contributed by atoms with Gasteiger partial charge in [-0.3, -0.25) is 4.79 Å². The molecule has 0 unspecified atom stereocenters. The molecule has 0 amide bonds. The van der Waals surface area contributed by atoms with Crippen molar-refractivity contribution in [2.75, 3.05) is 19.8 Å². The lowest BCUT2D eigenvalue weighted by Gasteiger charge is -2.34. The van der Waals surface area contributed by atoms with Crippen LogP contribution < -0.4 is 5.73 Å². The Bertz CT molecular complexity index is 445. The Morgan fingerprint density at radius 2 is 1.85 bits per heavy atom. The van der Waals surface area contributed by atoms with E-state index in [1.807, 2.05) is 0 Å². The molecule has 2 rings (SSSR count). The van der Waals surface area contributed by atoms with Crippen molar-refractivity contribution < 1.29 is 9.53 Å². The van der Waals surface area contributed by atoms with Gasteiger partial charge in [-0.25, -0.2) is 0 Å². The van der Waals surface area contributed by atoms with Crippen LogP contribution in [0.15, 0.2) is 24.3 Å². The standard InChI is InChI=1S/C17H25NO2/c1-13(2)15-5-3-14(4-6-15)11-16(19)17(12-18)7-9-20-10-8-17/h3-6,13H,7-12,18H2,1-2H3. The minimum atomic E-state index is -0.366. The van der Waals surface area contributed by atoms with Crippen LogP contribution in [0.1, 0.15) is 43.7 Å². The lowest BCUT2D eigenvalue weighted by molar-refractivity contribution is -0.132. The van der Waals surface area contributed by atoms with Crippen molar-refractivity contribution in [1.82, 2.24) is 0 Å². The van der Waals surface area contributed by atoms with Crippen LogP contribution in [-0.4, -0.2) is 25.5 Å². The molecule has 0 spiro atoms. The van der Waals surface area contributed by atoms with E-state index in [0.29, 0.717) is 32.1 Å². The smallest absolute Gasteiger partial charge is 0.144 e. The van der Waals surface area contributed by atoms with Crippen LogP contribution in [0.25, 0.3) is 0 Å². The zero-order chi connectivity index (χ0) is 14.6. The summed E-state index contributed by atoms with van der Waals surface area (Å²) in [5.41, 5.74) is 7.90. The van der Waals surface area contributed by atoms with E-state index in [2.05, 4.69) is 38.1 Å². The molecule has 1 fully saturated rings. The van der Waals surface area contributed by atoms with Crippen LogP contribution in [0.3, 0.4) is 0 Å². The fraction of sp³-hybridized carbons (Fsp3) is 0.588. The van der Waals surface area contributed by atoms with Crippen LogP contribution in [0.5, 0.6) is 0 Å². The second kappa shape index (κ2) is 6.51. The van der Waals surface area contributed by atoms with E-state index in [-0.39, 0.29) is 11.2 Å². The van der Waals surface area contributed by atoms with E-state index in [9.17, 15) is 4.79 Å². The number of hydrogen-bond acceptors (Lipinski definition) is 3. The Labute approximate surface area is 121 Å². The van der Waals surface area contributed by atoms with Crippen LogP contribution >= 0.6 is 0 Å². The van der Waals surface area contributed by atoms with Gasteiger partial charge in [-0.1, -0.05) is 38.1 Å². The van der Waals surface area contributed by atoms with Gasteiger partial charge < -0.3 is 10.5 Å². The second-order valence-corrected chi connectivity index (χ2v) is 6.09. The molecule has 0 radical (unpaired) electrons. The monoisotopic (exact) mass is 275 g/mol. The summed E-state index contributed by atoms with van der Waals surface area (Å²) in [5, 5.41) is 0. The van der Waals surface area contributed by atoms with E-state index in [1.165, 1.54) is 5.56 Å². The number of rotatable bonds is 5. The van der Waals surface area contributed by atoms with Gasteiger partial charge in [0.05, 0.1) is 0 Å². The van der Waals surface area contributed by atoms with Crippen molar-refractivity contribution in [2.45, 2.75) is 39.0 Å². The van der Waals surface area contributed by atoms with E-state index < -0.39 is 0 Å². The topological polar surface area (TPSA) is 52.3 Å². The highest BCUT2D eigenvalue weighted by Gasteiger charge is 2.38. The maximum absolute atomic E-state index is 12.6. The lowest BCUT2D eigenvalue weighted by Crippen LogP contribution is -2.44. The molecule has 1 aliphatic rings. The second-order valence-electron chi connectivity index (χ2n) is 6.09. The Kier molecular flexibility index (Phi) is 4.95. The molecule has 1 aliphatic heterocycles. The minimum Gasteiger partial charge on any atom is -0.381 e. The average molecular weight is 275 g/mol. The third kappa shape index (κ3) is 3.28. The molecule has 0 aromatic heterocycles. The van der Waals surface area contributed by atoms with E-state index in [0.717, 1.165) is 18.4 Å². The van der Waals surface area contributed by atoms with Crippen LogP contribution in [-0.2, 0) is 16.0 Å². The summed E-state index contributed by atoms with van der Waals surface area (Å²) < 4.78 is 5.36. The van der Waals surface area contributed by atoms with Gasteiger partial charge in [-0.15, -0.1) is 0 Å². The van der Waals surface area contributed by atoms with Crippen molar-refractivity contribution in [3.05, 3.63) is 35.4 Å². The van der Waals surface area contributed by atoms with Gasteiger partial charge in [-0.2, -0.15) is 0 Å². The average Bonchev–Trinajstić information content (AvgIpc) is 2.48. The van der Waals surface area contributed by atoms with Crippen molar-refractivity contribution in [3.63, 3.8) is 0 Å². The molecule has 2 N–H and O–H groups in total. The minimum absolute atomic E-state index is 0.264. The Morgan fingerprint density at radius 3 is 2.35 bits per heavy atom. The summed E-state index contributed by atoms with van der Waals surface area (Å²) in [6, 6.07) is 8.37. The van der Waals surface area contributed by atoms with Gasteiger partial charge >= 0.3 is 0 Å². The first kappa shape index (κ1) is 15.2. The number of carbonyl (C=O) groups is 1. The summed E-state index contributed by atoms with van der Waals surface area (Å²) in [4.78, 5) is 12.6. The molecule has 3 nitrogen and oxygen atoms in total. The summed E-state index contributed by atoms with van der Waals surface area (Å²) in [6.45, 7) is 6.07. The SMILES string of the molecule is CC(C)c1ccc(CC(=O)C2(CN)CCOCC2)cc1. The number of ketones is 1. The molecule has 1 aromatic rings. The molecule has 1 saturated heterocycles. The zero-order valence-corrected chi connectivity index (χ0v) is 12.5. The van der Waals surface area contributed by atoms with Crippen LogP contribution in [0.4, 0.5) is 0 Å². The highest BCUT2D eigenvalue weighted by atomic mass is 16.5. The first-order valence-electron chi connectivity index (χ1n) is 7.47. The quantitative estimate of drug-likeness (QED) is 0.899. The number of carbonyl (C=O) groups excluding carboxylic acids is 1. The molecule has 3 heteroatoms. The van der Waals surface area contributed by atoms with Crippen molar-refractivity contribution in [1.29, 1.82) is 0 Å². The van der Waals surface area contributed by atoms with Crippen LogP contribution in [0.2, 0.25) is 0 Å². The number of ether oxygens (including phenoxy) is 1. The van der Waals surface area contributed by atoms with Crippen LogP contribution in [0, 0.1) is 5.41 Å². The molecule has 0 bridgehead atoms. The fourth-order valence-corrected chi connectivity index (χ4v) is 2.75. The predicted molar refractivity (Wildman–Crippen MR) is 80.8 cm³/mol. The van der Waals surface area contributed by atoms with Crippen molar-refractivity contribution >= 4 is 5.78 Å². The predicted octanol–water partition coefficient (Wildman–Crippen LogP) is 2.68. The van der Waals surface area contributed by atoms with Crippen molar-refractivity contribution in [2.24, 2.45) is 11.1 Å². The largest absolute Gasteiger partial charge is 0.381 e. The lowest BCUT2D eigenvalue weighted by atomic mass is 9.74. The third-order valence-corrected chi connectivity index (χ3v) is 4.44. The molecule has 1 heterocycles. The van der Waals surface area contributed by atoms with Gasteiger partial charge in [0.25, 0.3) is 0 Å². The summed E-state index contributed by atoms with van der Waals surface area (Å²) in [6.07, 6.45) is 1.99. The number of hydrogen-bond donors (Lipinski definition) is 1.